The van der Waals surface area contributed by atoms with E-state index >= 15 is 0 Å². The second-order valence-electron chi connectivity index (χ2n) is 7.08. The predicted octanol–water partition coefficient (Wildman–Crippen LogP) is 3.32. The normalized spacial score (nSPS) is 26.3. The van der Waals surface area contributed by atoms with E-state index in [4.69, 9.17) is 10.00 Å². The number of amides is 1. The van der Waals surface area contributed by atoms with Gasteiger partial charge in [-0.15, -0.1) is 0 Å². The average molecular weight is 427 g/mol. The van der Waals surface area contributed by atoms with Crippen LogP contribution < -0.4 is 4.74 Å². The Balaban J connectivity index is 1.35. The molecule has 1 saturated carbocycles. The third-order valence-electron chi connectivity index (χ3n) is 5.31. The predicted molar refractivity (Wildman–Crippen MR) is 106 cm³/mol. The van der Waals surface area contributed by atoms with Crippen LogP contribution in [0.15, 0.2) is 44.9 Å². The number of halogens is 1. The molecule has 1 aromatic rings. The number of nitriles is 1. The minimum atomic E-state index is -0.0827. The van der Waals surface area contributed by atoms with E-state index < -0.39 is 0 Å². The van der Waals surface area contributed by atoms with E-state index in [1.165, 1.54) is 0 Å². The number of hydrogen-bond donors (Lipinski definition) is 0. The van der Waals surface area contributed by atoms with E-state index in [2.05, 4.69) is 32.0 Å². The standard InChI is InChI=1S/C20H19BrN4O2/c21-18-9-16(4-3-13(18)10-22)27-17-7-14-11-25(12-15(14)8-17)20(26)19-23-5-1-2-6-24-19/h1,3-6,9,14-15,17H,2,7-8,11-12H2. The fourth-order valence-corrected chi connectivity index (χ4v) is 4.47. The third kappa shape index (κ3) is 3.81. The Morgan fingerprint density at radius 1 is 1.30 bits per heavy atom. The Hall–Kier alpha value is -2.46. The van der Waals surface area contributed by atoms with Crippen molar-refractivity contribution >= 4 is 33.9 Å². The summed E-state index contributed by atoms with van der Waals surface area (Å²) in [7, 11) is 0. The first-order valence-corrected chi connectivity index (χ1v) is 9.84. The Labute approximate surface area is 166 Å². The molecule has 2 atom stereocenters. The molecular weight excluding hydrogens is 408 g/mol. The number of ether oxygens (including phenoxy) is 1. The molecule has 0 aromatic heterocycles. The first-order chi connectivity index (χ1) is 13.1. The topological polar surface area (TPSA) is 78.0 Å². The number of carbonyl (C=O) groups excluding carboxylic acids is 1. The van der Waals surface area contributed by atoms with Crippen LogP contribution >= 0.6 is 15.9 Å². The molecule has 6 nitrogen and oxygen atoms in total. The molecule has 2 heterocycles. The number of rotatable bonds is 3. The molecule has 0 N–H and O–H groups in total. The molecule has 27 heavy (non-hydrogen) atoms. The molecule has 0 spiro atoms. The quantitative estimate of drug-likeness (QED) is 0.743. The number of amidine groups is 1. The molecular formula is C20H19BrN4O2. The van der Waals surface area contributed by atoms with Gasteiger partial charge in [-0.05, 0) is 58.8 Å². The van der Waals surface area contributed by atoms with Crippen LogP contribution in [-0.4, -0.2) is 42.1 Å². The lowest BCUT2D eigenvalue weighted by molar-refractivity contribution is -0.123. The molecule has 2 aliphatic heterocycles. The van der Waals surface area contributed by atoms with Gasteiger partial charge in [-0.3, -0.25) is 4.79 Å². The number of aliphatic imine (C=N–C) groups is 2. The minimum absolute atomic E-state index is 0.0827. The Kier molecular flexibility index (Phi) is 5.08. The maximum absolute atomic E-state index is 12.6. The average Bonchev–Trinajstić information content (AvgIpc) is 3.08. The monoisotopic (exact) mass is 426 g/mol. The van der Waals surface area contributed by atoms with Crippen molar-refractivity contribution in [2.24, 2.45) is 21.8 Å². The van der Waals surface area contributed by atoms with Crippen LogP contribution in [-0.2, 0) is 4.79 Å². The summed E-state index contributed by atoms with van der Waals surface area (Å²) >= 11 is 3.40. The van der Waals surface area contributed by atoms with Gasteiger partial charge in [0.05, 0.1) is 11.7 Å². The lowest BCUT2D eigenvalue weighted by Gasteiger charge is -2.20. The van der Waals surface area contributed by atoms with Crippen molar-refractivity contribution in [2.45, 2.75) is 25.4 Å². The number of nitrogens with zero attached hydrogens (tertiary/aromatic N) is 4. The highest BCUT2D eigenvalue weighted by atomic mass is 79.9. The minimum Gasteiger partial charge on any atom is -0.490 e. The smallest absolute Gasteiger partial charge is 0.291 e. The summed E-state index contributed by atoms with van der Waals surface area (Å²) in [5.74, 6) is 1.87. The zero-order valence-electron chi connectivity index (χ0n) is 14.7. The van der Waals surface area contributed by atoms with Crippen LogP contribution in [0.1, 0.15) is 24.8 Å². The molecule has 138 valence electrons. The molecule has 2 unspecified atom stereocenters. The zero-order chi connectivity index (χ0) is 18.8. The lowest BCUT2D eigenvalue weighted by Crippen LogP contribution is -2.35. The second kappa shape index (κ2) is 7.65. The number of fused-ring (bicyclic) bond motifs is 1. The summed E-state index contributed by atoms with van der Waals surface area (Å²) in [6, 6.07) is 7.57. The zero-order valence-corrected chi connectivity index (χ0v) is 16.3. The van der Waals surface area contributed by atoms with Crippen LogP contribution in [0.5, 0.6) is 5.75 Å². The molecule has 1 aliphatic carbocycles. The first kappa shape index (κ1) is 17.9. The third-order valence-corrected chi connectivity index (χ3v) is 5.96. The maximum Gasteiger partial charge on any atom is 0.291 e. The number of allylic oxidation sites excluding steroid dienone is 1. The fraction of sp³-hybridized carbons (Fsp3) is 0.400. The van der Waals surface area contributed by atoms with Crippen LogP contribution in [0.4, 0.5) is 0 Å². The van der Waals surface area contributed by atoms with E-state index in [1.54, 1.807) is 18.5 Å². The van der Waals surface area contributed by atoms with Crippen molar-refractivity contribution in [2.75, 3.05) is 13.1 Å². The maximum atomic E-state index is 12.6. The Bertz CT molecular complexity index is 872. The van der Waals surface area contributed by atoms with Crippen molar-refractivity contribution in [3.8, 4) is 11.8 Å². The molecule has 7 heteroatoms. The van der Waals surface area contributed by atoms with Gasteiger partial charge in [-0.2, -0.15) is 5.26 Å². The summed E-state index contributed by atoms with van der Waals surface area (Å²) in [6.07, 6.45) is 7.96. The van der Waals surface area contributed by atoms with Crippen LogP contribution in [0.2, 0.25) is 0 Å². The van der Waals surface area contributed by atoms with Crippen LogP contribution in [0.3, 0.4) is 0 Å². The van der Waals surface area contributed by atoms with E-state index in [-0.39, 0.29) is 17.8 Å². The highest BCUT2D eigenvalue weighted by Gasteiger charge is 2.44. The molecule has 4 rings (SSSR count). The highest BCUT2D eigenvalue weighted by molar-refractivity contribution is 9.10. The Morgan fingerprint density at radius 2 is 2.07 bits per heavy atom. The summed E-state index contributed by atoms with van der Waals surface area (Å²) in [5.41, 5.74) is 0.596. The van der Waals surface area contributed by atoms with Gasteiger partial charge in [-0.1, -0.05) is 6.08 Å². The molecule has 3 aliphatic rings. The molecule has 1 saturated heterocycles. The van der Waals surface area contributed by atoms with E-state index in [0.29, 0.717) is 23.8 Å². The second-order valence-corrected chi connectivity index (χ2v) is 7.93. The number of benzene rings is 1. The number of hydrogen-bond acceptors (Lipinski definition) is 5. The van der Waals surface area contributed by atoms with Gasteiger partial charge >= 0.3 is 0 Å². The summed E-state index contributed by atoms with van der Waals surface area (Å²) in [4.78, 5) is 22.8. The largest absolute Gasteiger partial charge is 0.490 e. The number of likely N-dealkylation sites (tertiary alicyclic amines) is 1. The van der Waals surface area contributed by atoms with Crippen molar-refractivity contribution in [3.63, 3.8) is 0 Å². The molecule has 0 bridgehead atoms. The molecule has 0 radical (unpaired) electrons. The van der Waals surface area contributed by atoms with Gasteiger partial charge in [0.2, 0.25) is 5.84 Å². The van der Waals surface area contributed by atoms with Gasteiger partial charge in [0.25, 0.3) is 5.91 Å². The highest BCUT2D eigenvalue weighted by Crippen LogP contribution is 2.40. The van der Waals surface area contributed by atoms with Gasteiger partial charge in [-0.25, -0.2) is 9.98 Å². The van der Waals surface area contributed by atoms with Gasteiger partial charge in [0, 0.05) is 36.4 Å². The summed E-state index contributed by atoms with van der Waals surface area (Å²) < 4.78 is 6.87. The van der Waals surface area contributed by atoms with E-state index in [9.17, 15) is 4.79 Å². The number of carbonyl (C=O) groups is 1. The van der Waals surface area contributed by atoms with Gasteiger partial charge < -0.3 is 9.64 Å². The van der Waals surface area contributed by atoms with Gasteiger partial charge in [0.1, 0.15) is 11.8 Å². The lowest BCUT2D eigenvalue weighted by atomic mass is 10.0. The fourth-order valence-electron chi connectivity index (χ4n) is 4.03. The van der Waals surface area contributed by atoms with Gasteiger partial charge in [0.15, 0.2) is 0 Å². The van der Waals surface area contributed by atoms with Crippen molar-refractivity contribution in [1.29, 1.82) is 5.26 Å². The van der Waals surface area contributed by atoms with Crippen LogP contribution in [0, 0.1) is 23.2 Å². The first-order valence-electron chi connectivity index (χ1n) is 9.05. The Morgan fingerprint density at radius 3 is 2.78 bits per heavy atom. The molecule has 1 aromatic carbocycles. The summed E-state index contributed by atoms with van der Waals surface area (Å²) in [6.45, 7) is 1.47. The van der Waals surface area contributed by atoms with Crippen molar-refractivity contribution in [3.05, 3.63) is 40.5 Å². The molecule has 2 fully saturated rings. The summed E-state index contributed by atoms with van der Waals surface area (Å²) in [5, 5.41) is 9.01. The van der Waals surface area contributed by atoms with E-state index in [0.717, 1.165) is 36.2 Å². The van der Waals surface area contributed by atoms with Crippen molar-refractivity contribution in [1.82, 2.24) is 4.90 Å². The SMILES string of the molecule is N#Cc1ccc(OC2CC3CN(C(=O)C4=NC=CCC=N4)CC3C2)cc1Br. The molecule has 1 amide bonds. The van der Waals surface area contributed by atoms with E-state index in [1.807, 2.05) is 23.1 Å². The van der Waals surface area contributed by atoms with Crippen molar-refractivity contribution < 1.29 is 9.53 Å². The van der Waals surface area contributed by atoms with Crippen LogP contribution in [0.25, 0.3) is 0 Å².